The highest BCUT2D eigenvalue weighted by Gasteiger charge is 2.31. The van der Waals surface area contributed by atoms with E-state index in [9.17, 15) is 13.2 Å². The predicted molar refractivity (Wildman–Crippen MR) is 75.0 cm³/mol. The molecule has 21 heavy (non-hydrogen) atoms. The van der Waals surface area contributed by atoms with Gasteiger partial charge in [0.25, 0.3) is 0 Å². The third kappa shape index (κ3) is 3.56. The molecule has 2 aliphatic rings. The first-order chi connectivity index (χ1) is 10.0. The minimum absolute atomic E-state index is 0.556. The molecular formula is C15H20F3N3. The van der Waals surface area contributed by atoms with Crippen LogP contribution in [0.1, 0.15) is 11.1 Å². The minimum Gasteiger partial charge on any atom is -0.314 e. The highest BCUT2D eigenvalue weighted by molar-refractivity contribution is 5.25. The van der Waals surface area contributed by atoms with Gasteiger partial charge in [0.05, 0.1) is 5.56 Å². The van der Waals surface area contributed by atoms with Gasteiger partial charge in [0.2, 0.25) is 0 Å². The van der Waals surface area contributed by atoms with Crippen LogP contribution in [0.15, 0.2) is 24.3 Å². The Morgan fingerprint density at radius 2 is 1.81 bits per heavy atom. The lowest BCUT2D eigenvalue weighted by atomic mass is 10.1. The van der Waals surface area contributed by atoms with Gasteiger partial charge < -0.3 is 5.32 Å². The average Bonchev–Trinajstić information content (AvgIpc) is 2.38. The maximum atomic E-state index is 12.7. The Morgan fingerprint density at radius 3 is 2.38 bits per heavy atom. The van der Waals surface area contributed by atoms with E-state index in [4.69, 9.17) is 0 Å². The van der Waals surface area contributed by atoms with Gasteiger partial charge in [0.15, 0.2) is 0 Å². The number of nitrogens with one attached hydrogen (secondary N) is 1. The highest BCUT2D eigenvalue weighted by atomic mass is 19.4. The molecule has 0 saturated carbocycles. The normalized spacial score (nSPS) is 22.2. The zero-order valence-corrected chi connectivity index (χ0v) is 11.9. The molecule has 2 fully saturated rings. The lowest BCUT2D eigenvalue weighted by Crippen LogP contribution is -2.61. The van der Waals surface area contributed by atoms with Crippen LogP contribution >= 0.6 is 0 Å². The standard InChI is InChI=1S/C15H20F3N3/c16-15(17,18)13-3-1-2-12(8-13)11-20-4-6-21(7-5-20)14-9-19-10-14/h1-3,8,14,19H,4-7,9-11H2. The molecule has 1 aromatic rings. The molecule has 116 valence electrons. The molecule has 0 amide bonds. The van der Waals surface area contributed by atoms with Gasteiger partial charge in [-0.2, -0.15) is 13.2 Å². The van der Waals surface area contributed by atoms with Gasteiger partial charge in [-0.15, -0.1) is 0 Å². The van der Waals surface area contributed by atoms with Crippen LogP contribution in [0, 0.1) is 0 Å². The fourth-order valence-corrected chi connectivity index (χ4v) is 2.92. The van der Waals surface area contributed by atoms with Crippen molar-refractivity contribution in [2.45, 2.75) is 18.8 Å². The van der Waals surface area contributed by atoms with E-state index in [0.717, 1.165) is 50.9 Å². The average molecular weight is 299 g/mol. The second kappa shape index (κ2) is 5.94. The second-order valence-corrected chi connectivity index (χ2v) is 5.82. The summed E-state index contributed by atoms with van der Waals surface area (Å²) in [7, 11) is 0. The van der Waals surface area contributed by atoms with E-state index in [1.807, 2.05) is 0 Å². The fraction of sp³-hybridized carbons (Fsp3) is 0.600. The monoisotopic (exact) mass is 299 g/mol. The van der Waals surface area contributed by atoms with Gasteiger partial charge in [-0.25, -0.2) is 0 Å². The van der Waals surface area contributed by atoms with E-state index >= 15 is 0 Å². The van der Waals surface area contributed by atoms with Crippen molar-refractivity contribution in [2.75, 3.05) is 39.3 Å². The number of rotatable bonds is 3. The summed E-state index contributed by atoms with van der Waals surface area (Å²) in [6.45, 7) is 6.58. The van der Waals surface area contributed by atoms with Gasteiger partial charge in [0.1, 0.15) is 0 Å². The van der Waals surface area contributed by atoms with E-state index in [0.29, 0.717) is 12.6 Å². The van der Waals surface area contributed by atoms with E-state index < -0.39 is 11.7 Å². The largest absolute Gasteiger partial charge is 0.416 e. The first-order valence-corrected chi connectivity index (χ1v) is 7.35. The number of hydrogen-bond donors (Lipinski definition) is 1. The Balaban J connectivity index is 1.55. The number of nitrogens with zero attached hydrogens (tertiary/aromatic N) is 2. The van der Waals surface area contributed by atoms with Gasteiger partial charge in [0, 0.05) is 51.9 Å². The van der Waals surface area contributed by atoms with E-state index in [1.165, 1.54) is 12.1 Å². The van der Waals surface area contributed by atoms with Crippen molar-refractivity contribution in [2.24, 2.45) is 0 Å². The number of halogens is 3. The van der Waals surface area contributed by atoms with E-state index in [-0.39, 0.29) is 0 Å². The molecule has 0 unspecified atom stereocenters. The summed E-state index contributed by atoms with van der Waals surface area (Å²) in [5.41, 5.74) is 0.183. The van der Waals surface area contributed by atoms with Crippen LogP contribution in [-0.2, 0) is 12.7 Å². The topological polar surface area (TPSA) is 18.5 Å². The maximum absolute atomic E-state index is 12.7. The van der Waals surface area contributed by atoms with Crippen molar-refractivity contribution in [3.63, 3.8) is 0 Å². The van der Waals surface area contributed by atoms with Crippen molar-refractivity contribution in [3.05, 3.63) is 35.4 Å². The zero-order chi connectivity index (χ0) is 14.9. The Kier molecular flexibility index (Phi) is 4.19. The third-order valence-corrected chi connectivity index (χ3v) is 4.34. The molecule has 0 bridgehead atoms. The molecule has 0 aromatic heterocycles. The Labute approximate surface area is 122 Å². The molecule has 0 spiro atoms. The second-order valence-electron chi connectivity index (χ2n) is 5.82. The smallest absolute Gasteiger partial charge is 0.314 e. The van der Waals surface area contributed by atoms with Crippen molar-refractivity contribution in [1.82, 2.24) is 15.1 Å². The molecule has 2 saturated heterocycles. The van der Waals surface area contributed by atoms with Crippen LogP contribution in [0.5, 0.6) is 0 Å². The fourth-order valence-electron chi connectivity index (χ4n) is 2.92. The van der Waals surface area contributed by atoms with Gasteiger partial charge in [-0.05, 0) is 11.6 Å². The summed E-state index contributed by atoms with van der Waals surface area (Å²) in [6.07, 6.45) is -4.26. The number of hydrogen-bond acceptors (Lipinski definition) is 3. The molecule has 1 aromatic carbocycles. The van der Waals surface area contributed by atoms with Crippen LogP contribution in [0.3, 0.4) is 0 Å². The molecular weight excluding hydrogens is 279 g/mol. The molecule has 6 heteroatoms. The van der Waals surface area contributed by atoms with Crippen LogP contribution in [0.4, 0.5) is 13.2 Å². The maximum Gasteiger partial charge on any atom is 0.416 e. The summed E-state index contributed by atoms with van der Waals surface area (Å²) < 4.78 is 38.1. The van der Waals surface area contributed by atoms with Crippen LogP contribution < -0.4 is 5.32 Å². The zero-order valence-electron chi connectivity index (χ0n) is 11.9. The molecule has 0 atom stereocenters. The third-order valence-electron chi connectivity index (χ3n) is 4.34. The minimum atomic E-state index is -4.26. The van der Waals surface area contributed by atoms with Gasteiger partial charge in [-0.3, -0.25) is 9.80 Å². The lowest BCUT2D eigenvalue weighted by Gasteiger charge is -2.43. The molecule has 0 radical (unpaired) electrons. The Hall–Kier alpha value is -1.11. The number of benzene rings is 1. The van der Waals surface area contributed by atoms with Crippen molar-refractivity contribution in [1.29, 1.82) is 0 Å². The first kappa shape index (κ1) is 14.8. The van der Waals surface area contributed by atoms with Crippen LogP contribution in [-0.4, -0.2) is 55.1 Å². The quantitative estimate of drug-likeness (QED) is 0.918. The molecule has 2 heterocycles. The lowest BCUT2D eigenvalue weighted by molar-refractivity contribution is -0.137. The van der Waals surface area contributed by atoms with E-state index in [2.05, 4.69) is 15.1 Å². The molecule has 2 aliphatic heterocycles. The molecule has 0 aliphatic carbocycles. The molecule has 3 nitrogen and oxygen atoms in total. The number of alkyl halides is 3. The molecule has 1 N–H and O–H groups in total. The van der Waals surface area contributed by atoms with Crippen molar-refractivity contribution >= 4 is 0 Å². The summed E-state index contributed by atoms with van der Waals surface area (Å²) in [5, 5.41) is 3.27. The van der Waals surface area contributed by atoms with Crippen molar-refractivity contribution < 1.29 is 13.2 Å². The summed E-state index contributed by atoms with van der Waals surface area (Å²) in [6, 6.07) is 6.32. The predicted octanol–water partition coefficient (Wildman–Crippen LogP) is 1.79. The SMILES string of the molecule is FC(F)(F)c1cccc(CN2CCN(C3CNC3)CC2)c1. The summed E-state index contributed by atoms with van der Waals surface area (Å²) in [5.74, 6) is 0. The molecule has 3 rings (SSSR count). The summed E-state index contributed by atoms with van der Waals surface area (Å²) >= 11 is 0. The summed E-state index contributed by atoms with van der Waals surface area (Å²) in [4.78, 5) is 4.71. The first-order valence-electron chi connectivity index (χ1n) is 7.35. The van der Waals surface area contributed by atoms with E-state index in [1.54, 1.807) is 6.07 Å². The number of piperazine rings is 1. The van der Waals surface area contributed by atoms with Crippen LogP contribution in [0.25, 0.3) is 0 Å². The Bertz CT molecular complexity index is 477. The Morgan fingerprint density at radius 1 is 1.10 bits per heavy atom. The van der Waals surface area contributed by atoms with Gasteiger partial charge >= 0.3 is 6.18 Å². The van der Waals surface area contributed by atoms with Gasteiger partial charge in [-0.1, -0.05) is 18.2 Å². The van der Waals surface area contributed by atoms with Crippen LogP contribution in [0.2, 0.25) is 0 Å². The van der Waals surface area contributed by atoms with Crippen molar-refractivity contribution in [3.8, 4) is 0 Å². The highest BCUT2D eigenvalue weighted by Crippen LogP contribution is 2.29.